The van der Waals surface area contributed by atoms with Crippen molar-refractivity contribution in [2.75, 3.05) is 19.6 Å². The lowest BCUT2D eigenvalue weighted by atomic mass is 10.1. The normalized spacial score (nSPS) is 16.5. The van der Waals surface area contributed by atoms with Gasteiger partial charge in [-0.2, -0.15) is 5.01 Å². The van der Waals surface area contributed by atoms with Crippen LogP contribution in [-0.2, 0) is 0 Å². The Hall–Kier alpha value is -2.52. The summed E-state index contributed by atoms with van der Waals surface area (Å²) in [4.78, 5) is 25.2. The Labute approximate surface area is 157 Å². The largest absolute Gasteiger partial charge is 0.369 e. The number of hydrazine groups is 2. The number of imide groups is 1. The number of fused-ring (bicyclic) bond motifs is 1. The van der Waals surface area contributed by atoms with Gasteiger partial charge in [0.05, 0.1) is 11.1 Å². The van der Waals surface area contributed by atoms with E-state index >= 15 is 0 Å². The molecule has 2 aliphatic heterocycles. The van der Waals surface area contributed by atoms with Crippen LogP contribution < -0.4 is 10.7 Å². The number of hydrazone groups is 1. The van der Waals surface area contributed by atoms with Gasteiger partial charge in [-0.05, 0) is 19.1 Å². The molecule has 0 aliphatic carbocycles. The van der Waals surface area contributed by atoms with Crippen LogP contribution in [0.3, 0.4) is 0 Å². The molecule has 0 unspecified atom stereocenters. The van der Waals surface area contributed by atoms with E-state index in [0.717, 1.165) is 25.0 Å². The zero-order chi connectivity index (χ0) is 18.7. The number of carbonyl (C=O) groups is 2. The van der Waals surface area contributed by atoms with Crippen LogP contribution >= 0.6 is 11.9 Å². The second-order valence-corrected chi connectivity index (χ2v) is 6.59. The Bertz CT molecular complexity index is 739. The third kappa shape index (κ3) is 3.40. The molecule has 0 fully saturated rings. The van der Waals surface area contributed by atoms with E-state index in [1.54, 1.807) is 35.6 Å². The summed E-state index contributed by atoms with van der Waals surface area (Å²) in [6.45, 7) is 8.28. The number of hydrogen-bond acceptors (Lipinski definition) is 8. The minimum atomic E-state index is -0.305. The van der Waals surface area contributed by atoms with Gasteiger partial charge in [0, 0.05) is 37.7 Å². The zero-order valence-electron chi connectivity index (χ0n) is 15.0. The Kier molecular flexibility index (Phi) is 5.48. The van der Waals surface area contributed by atoms with Crippen molar-refractivity contribution >= 4 is 29.6 Å². The van der Waals surface area contributed by atoms with Crippen LogP contribution in [0.15, 0.2) is 40.5 Å². The van der Waals surface area contributed by atoms with Crippen LogP contribution in [0, 0.1) is 0 Å². The molecule has 0 atom stereocenters. The predicted molar refractivity (Wildman–Crippen MR) is 102 cm³/mol. The van der Waals surface area contributed by atoms with Gasteiger partial charge in [0.25, 0.3) is 11.8 Å². The molecule has 1 aromatic rings. The number of rotatable bonds is 6. The molecule has 138 valence electrons. The summed E-state index contributed by atoms with van der Waals surface area (Å²) in [5.74, 6) is 0.0534. The number of benzene rings is 1. The van der Waals surface area contributed by atoms with Crippen molar-refractivity contribution in [2.24, 2.45) is 5.10 Å². The highest BCUT2D eigenvalue weighted by molar-refractivity contribution is 8.01. The van der Waals surface area contributed by atoms with Gasteiger partial charge in [0.1, 0.15) is 5.03 Å². The van der Waals surface area contributed by atoms with Gasteiger partial charge in [-0.1, -0.05) is 26.0 Å². The van der Waals surface area contributed by atoms with Crippen molar-refractivity contribution in [1.29, 1.82) is 0 Å². The van der Waals surface area contributed by atoms with Crippen LogP contribution in [0.4, 0.5) is 0 Å². The summed E-state index contributed by atoms with van der Waals surface area (Å²) in [5.41, 5.74) is 4.01. The molecule has 0 radical (unpaired) electrons. The maximum atomic E-state index is 12.6. The minimum Gasteiger partial charge on any atom is -0.369 e. The summed E-state index contributed by atoms with van der Waals surface area (Å²) in [6.07, 6.45) is 1.79. The highest BCUT2D eigenvalue weighted by Gasteiger charge is 2.37. The number of carbonyl (C=O) groups excluding carboxylic acids is 2. The Morgan fingerprint density at radius 1 is 1.12 bits per heavy atom. The van der Waals surface area contributed by atoms with Gasteiger partial charge in [-0.15, -0.1) is 10.3 Å². The predicted octanol–water partition coefficient (Wildman–Crippen LogP) is 1.77. The van der Waals surface area contributed by atoms with E-state index in [4.69, 9.17) is 0 Å². The van der Waals surface area contributed by atoms with Crippen LogP contribution in [0.5, 0.6) is 0 Å². The molecule has 3 rings (SSSR count). The maximum Gasteiger partial charge on any atom is 0.272 e. The Morgan fingerprint density at radius 3 is 2.27 bits per heavy atom. The highest BCUT2D eigenvalue weighted by Crippen LogP contribution is 2.32. The van der Waals surface area contributed by atoms with Crippen molar-refractivity contribution < 1.29 is 9.59 Å². The van der Waals surface area contributed by atoms with Crippen LogP contribution in [-0.4, -0.2) is 51.8 Å². The molecule has 2 heterocycles. The molecule has 9 heteroatoms. The molecule has 2 amide bonds. The number of hydrogen-bond donors (Lipinski definition) is 2. The molecule has 2 N–H and O–H groups in total. The first kappa shape index (κ1) is 18.3. The maximum absolute atomic E-state index is 12.6. The lowest BCUT2D eigenvalue weighted by Crippen LogP contribution is -2.50. The van der Waals surface area contributed by atoms with Crippen molar-refractivity contribution in [1.82, 2.24) is 25.3 Å². The SMILES string of the molecule is CCNC1=NN(N(CC)CC)NC(SN2C(=O)c3ccccc3C2=O)=C1. The Morgan fingerprint density at radius 2 is 1.73 bits per heavy atom. The van der Waals surface area contributed by atoms with Crippen molar-refractivity contribution in [2.45, 2.75) is 20.8 Å². The molecule has 1 aromatic carbocycles. The molecule has 0 saturated carbocycles. The summed E-state index contributed by atoms with van der Waals surface area (Å²) in [5, 5.41) is 11.9. The van der Waals surface area contributed by atoms with Gasteiger partial charge < -0.3 is 5.32 Å². The monoisotopic (exact) mass is 374 g/mol. The first-order valence-corrected chi connectivity index (χ1v) is 9.37. The van der Waals surface area contributed by atoms with E-state index in [1.807, 2.05) is 25.8 Å². The fourth-order valence-electron chi connectivity index (χ4n) is 2.70. The third-order valence-corrected chi connectivity index (χ3v) is 4.90. The number of amidine groups is 1. The fraction of sp³-hybridized carbons (Fsp3) is 0.353. The van der Waals surface area contributed by atoms with Crippen molar-refractivity contribution in [3.05, 3.63) is 46.5 Å². The van der Waals surface area contributed by atoms with Crippen molar-refractivity contribution in [3.63, 3.8) is 0 Å². The van der Waals surface area contributed by atoms with E-state index in [-0.39, 0.29) is 11.8 Å². The second-order valence-electron chi connectivity index (χ2n) is 5.61. The van der Waals surface area contributed by atoms with Crippen LogP contribution in [0.1, 0.15) is 41.5 Å². The molecule has 2 aliphatic rings. The van der Waals surface area contributed by atoms with Gasteiger partial charge in [-0.3, -0.25) is 15.0 Å². The lowest BCUT2D eigenvalue weighted by Gasteiger charge is -2.34. The quantitative estimate of drug-likeness (QED) is 0.580. The molecule has 0 bridgehead atoms. The number of amides is 2. The third-order valence-electron chi connectivity index (χ3n) is 3.98. The average molecular weight is 374 g/mol. The molecule has 0 spiro atoms. The first-order valence-electron chi connectivity index (χ1n) is 8.60. The Balaban J connectivity index is 1.82. The van der Waals surface area contributed by atoms with E-state index in [1.165, 1.54) is 4.31 Å². The van der Waals surface area contributed by atoms with Crippen molar-refractivity contribution in [3.8, 4) is 0 Å². The molecular weight excluding hydrogens is 352 g/mol. The van der Waals surface area contributed by atoms with Crippen LogP contribution in [0.25, 0.3) is 0 Å². The standard InChI is InChI=1S/C17H22N6O2S/c1-4-18-14-11-15(20-23(19-14)21(5-2)6-3)26-22-16(24)12-9-7-8-10-13(12)17(22)25/h7-11,20H,4-6H2,1-3H3,(H,18,19). The van der Waals surface area contributed by atoms with Gasteiger partial charge in [0.15, 0.2) is 5.84 Å². The molecule has 26 heavy (non-hydrogen) atoms. The summed E-state index contributed by atoms with van der Waals surface area (Å²) < 4.78 is 1.18. The highest BCUT2D eigenvalue weighted by atomic mass is 32.2. The topological polar surface area (TPSA) is 80.3 Å². The zero-order valence-corrected chi connectivity index (χ0v) is 15.8. The number of nitrogens with one attached hydrogen (secondary N) is 2. The van der Waals surface area contributed by atoms with E-state index < -0.39 is 0 Å². The van der Waals surface area contributed by atoms with Crippen LogP contribution in [0.2, 0.25) is 0 Å². The summed E-state index contributed by atoms with van der Waals surface area (Å²) in [6, 6.07) is 6.86. The fourth-order valence-corrected chi connectivity index (χ4v) is 3.55. The molecular formula is C17H22N6O2S. The van der Waals surface area contributed by atoms with Gasteiger partial charge >= 0.3 is 0 Å². The average Bonchev–Trinajstić information content (AvgIpc) is 2.88. The first-order chi connectivity index (χ1) is 12.6. The van der Waals surface area contributed by atoms with E-state index in [9.17, 15) is 9.59 Å². The lowest BCUT2D eigenvalue weighted by molar-refractivity contribution is -0.0506. The minimum absolute atomic E-state index is 0.305. The number of likely N-dealkylation sites (N-methyl/N-ethyl adjacent to an activating group) is 1. The summed E-state index contributed by atoms with van der Waals surface area (Å²) in [7, 11) is 0. The summed E-state index contributed by atoms with van der Waals surface area (Å²) >= 11 is 1.07. The smallest absolute Gasteiger partial charge is 0.272 e. The second kappa shape index (κ2) is 7.79. The number of nitrogens with zero attached hydrogens (tertiary/aromatic N) is 4. The van der Waals surface area contributed by atoms with E-state index in [0.29, 0.717) is 28.5 Å². The molecule has 0 aromatic heterocycles. The van der Waals surface area contributed by atoms with E-state index in [2.05, 4.69) is 15.8 Å². The van der Waals surface area contributed by atoms with Gasteiger partial charge in [-0.25, -0.2) is 4.31 Å². The molecule has 8 nitrogen and oxygen atoms in total. The van der Waals surface area contributed by atoms with Gasteiger partial charge in [0.2, 0.25) is 0 Å². The molecule has 0 saturated heterocycles.